The summed E-state index contributed by atoms with van der Waals surface area (Å²) in [4.78, 5) is 24.0. The Balaban J connectivity index is 2.06. The minimum absolute atomic E-state index is 0.0363. The number of ketones is 1. The van der Waals surface area contributed by atoms with E-state index in [0.717, 1.165) is 4.90 Å². The lowest BCUT2D eigenvalue weighted by Crippen LogP contribution is -1.95. The average Bonchev–Trinajstić information content (AvgIpc) is 2.78. The average molecular weight is 352 g/mol. The van der Waals surface area contributed by atoms with Gasteiger partial charge in [0.25, 0.3) is 5.69 Å². The Morgan fingerprint density at radius 1 is 1.14 bits per heavy atom. The standard InChI is InChI=1S/C15H7Cl2NO3S/c16-10-7-11(17)12(18(20)21)5-8(10)6-14-15(19)9-3-1-2-4-13(9)22-14/h1-7H/b14-6-. The molecule has 0 N–H and O–H groups in total. The van der Waals surface area contributed by atoms with Crippen LogP contribution in [-0.2, 0) is 0 Å². The van der Waals surface area contributed by atoms with Gasteiger partial charge < -0.3 is 0 Å². The molecular weight excluding hydrogens is 345 g/mol. The minimum Gasteiger partial charge on any atom is -0.288 e. The quantitative estimate of drug-likeness (QED) is 0.422. The van der Waals surface area contributed by atoms with Gasteiger partial charge in [-0.25, -0.2) is 0 Å². The maximum atomic E-state index is 12.3. The zero-order valence-corrected chi connectivity index (χ0v) is 13.2. The number of carbonyl (C=O) groups excluding carboxylic acids is 1. The summed E-state index contributed by atoms with van der Waals surface area (Å²) >= 11 is 13.2. The van der Waals surface area contributed by atoms with Gasteiger partial charge in [0.05, 0.1) is 9.83 Å². The van der Waals surface area contributed by atoms with E-state index in [1.165, 1.54) is 23.9 Å². The molecule has 1 aliphatic rings. The number of allylic oxidation sites excluding steroid dienone is 1. The van der Waals surface area contributed by atoms with Crippen molar-refractivity contribution in [3.05, 3.63) is 72.6 Å². The highest BCUT2D eigenvalue weighted by atomic mass is 35.5. The number of rotatable bonds is 2. The van der Waals surface area contributed by atoms with Crippen LogP contribution >= 0.6 is 35.0 Å². The summed E-state index contributed by atoms with van der Waals surface area (Å²) in [6.45, 7) is 0. The number of hydrogen-bond donors (Lipinski definition) is 0. The molecule has 0 spiro atoms. The van der Waals surface area contributed by atoms with Crippen molar-refractivity contribution in [2.45, 2.75) is 4.90 Å². The predicted octanol–water partition coefficient (Wildman–Crippen LogP) is 5.23. The lowest BCUT2D eigenvalue weighted by Gasteiger charge is -2.02. The number of fused-ring (bicyclic) bond motifs is 1. The molecule has 1 aliphatic heterocycles. The van der Waals surface area contributed by atoms with Gasteiger partial charge >= 0.3 is 0 Å². The second-order valence-electron chi connectivity index (χ2n) is 4.52. The third-order valence-corrected chi connectivity index (χ3v) is 4.85. The lowest BCUT2D eigenvalue weighted by atomic mass is 10.1. The molecule has 4 nitrogen and oxygen atoms in total. The fourth-order valence-electron chi connectivity index (χ4n) is 2.08. The molecule has 0 atom stereocenters. The highest BCUT2D eigenvalue weighted by Crippen LogP contribution is 2.42. The summed E-state index contributed by atoms with van der Waals surface area (Å²) in [6.07, 6.45) is 1.55. The van der Waals surface area contributed by atoms with Crippen LogP contribution in [0, 0.1) is 10.1 Å². The van der Waals surface area contributed by atoms with Crippen LogP contribution in [0.5, 0.6) is 0 Å². The highest BCUT2D eigenvalue weighted by molar-refractivity contribution is 8.04. The minimum atomic E-state index is -0.584. The zero-order valence-electron chi connectivity index (χ0n) is 10.9. The molecule has 0 fully saturated rings. The number of Topliss-reactive ketones (excluding diaryl/α,β-unsaturated/α-hetero) is 1. The van der Waals surface area contributed by atoms with E-state index in [1.54, 1.807) is 18.2 Å². The Kier molecular flexibility index (Phi) is 3.95. The van der Waals surface area contributed by atoms with E-state index in [0.29, 0.717) is 16.0 Å². The van der Waals surface area contributed by atoms with E-state index in [2.05, 4.69) is 0 Å². The van der Waals surface area contributed by atoms with Gasteiger partial charge in [0.2, 0.25) is 5.78 Å². The second kappa shape index (κ2) is 5.76. The molecule has 2 aromatic rings. The van der Waals surface area contributed by atoms with Gasteiger partial charge in [-0.3, -0.25) is 14.9 Å². The Labute approximate surface area is 139 Å². The van der Waals surface area contributed by atoms with Crippen molar-refractivity contribution in [2.24, 2.45) is 0 Å². The number of nitrogens with zero attached hydrogens (tertiary/aromatic N) is 1. The summed E-state index contributed by atoms with van der Waals surface area (Å²) in [5.74, 6) is -0.116. The fourth-order valence-corrected chi connectivity index (χ4v) is 3.63. The first-order valence-corrected chi connectivity index (χ1v) is 7.71. The summed E-state index contributed by atoms with van der Waals surface area (Å²) in [5, 5.41) is 11.2. The number of halogens is 2. The number of hydrogen-bond acceptors (Lipinski definition) is 4. The molecule has 0 bridgehead atoms. The second-order valence-corrected chi connectivity index (χ2v) is 6.42. The molecule has 0 amide bonds. The van der Waals surface area contributed by atoms with Gasteiger partial charge in [-0.15, -0.1) is 0 Å². The zero-order chi connectivity index (χ0) is 15.9. The van der Waals surface area contributed by atoms with Gasteiger partial charge in [0.15, 0.2) is 0 Å². The van der Waals surface area contributed by atoms with E-state index in [-0.39, 0.29) is 21.5 Å². The van der Waals surface area contributed by atoms with Crippen LogP contribution in [0.4, 0.5) is 5.69 Å². The maximum absolute atomic E-state index is 12.3. The molecule has 0 saturated carbocycles. The number of thioether (sulfide) groups is 1. The van der Waals surface area contributed by atoms with Crippen LogP contribution in [-0.4, -0.2) is 10.7 Å². The van der Waals surface area contributed by atoms with Crippen LogP contribution in [0.15, 0.2) is 46.2 Å². The van der Waals surface area contributed by atoms with Gasteiger partial charge in [-0.05, 0) is 24.3 Å². The van der Waals surface area contributed by atoms with Crippen molar-refractivity contribution in [1.29, 1.82) is 0 Å². The molecule has 110 valence electrons. The summed E-state index contributed by atoms with van der Waals surface area (Å²) in [7, 11) is 0. The van der Waals surface area contributed by atoms with Crippen molar-refractivity contribution in [3.8, 4) is 0 Å². The fraction of sp³-hybridized carbons (Fsp3) is 0. The molecule has 2 aromatic carbocycles. The molecule has 0 aromatic heterocycles. The summed E-state index contributed by atoms with van der Waals surface area (Å²) in [5.41, 5.74) is 0.769. The monoisotopic (exact) mass is 351 g/mol. The van der Waals surface area contributed by atoms with Crippen LogP contribution in [0.1, 0.15) is 15.9 Å². The SMILES string of the molecule is O=C1/C(=C/c2cc([N+](=O)[O-])c(Cl)cc2Cl)Sc2ccccc21. The number of nitro groups is 1. The van der Waals surface area contributed by atoms with Gasteiger partial charge in [0.1, 0.15) is 5.02 Å². The molecule has 0 unspecified atom stereocenters. The molecule has 0 radical (unpaired) electrons. The van der Waals surface area contributed by atoms with Crippen molar-refractivity contribution in [3.63, 3.8) is 0 Å². The van der Waals surface area contributed by atoms with E-state index in [9.17, 15) is 14.9 Å². The van der Waals surface area contributed by atoms with Gasteiger partial charge in [-0.2, -0.15) is 0 Å². The number of carbonyl (C=O) groups is 1. The Morgan fingerprint density at radius 3 is 2.55 bits per heavy atom. The Bertz CT molecular complexity index is 849. The number of nitro benzene ring substituents is 1. The van der Waals surface area contributed by atoms with E-state index in [1.807, 2.05) is 12.1 Å². The van der Waals surface area contributed by atoms with Crippen LogP contribution in [0.3, 0.4) is 0 Å². The van der Waals surface area contributed by atoms with Crippen molar-refractivity contribution in [1.82, 2.24) is 0 Å². The molecule has 0 saturated heterocycles. The van der Waals surface area contributed by atoms with E-state index >= 15 is 0 Å². The van der Waals surface area contributed by atoms with Crippen LogP contribution < -0.4 is 0 Å². The van der Waals surface area contributed by atoms with Crippen molar-refractivity contribution < 1.29 is 9.72 Å². The first-order valence-electron chi connectivity index (χ1n) is 6.14. The topological polar surface area (TPSA) is 60.2 Å². The van der Waals surface area contributed by atoms with E-state index < -0.39 is 4.92 Å². The first kappa shape index (κ1) is 15.1. The third kappa shape index (κ3) is 2.63. The largest absolute Gasteiger partial charge is 0.288 e. The van der Waals surface area contributed by atoms with Crippen molar-refractivity contribution >= 4 is 52.5 Å². The summed E-state index contributed by atoms with van der Waals surface area (Å²) in [6, 6.07) is 9.82. The normalized spacial score (nSPS) is 15.2. The van der Waals surface area contributed by atoms with Crippen LogP contribution in [0.2, 0.25) is 10.0 Å². The number of benzene rings is 2. The molecular formula is C15H7Cl2NO3S. The smallest absolute Gasteiger partial charge is 0.288 e. The molecule has 3 rings (SSSR count). The van der Waals surface area contributed by atoms with Crippen LogP contribution in [0.25, 0.3) is 6.08 Å². The first-order chi connectivity index (χ1) is 10.5. The Morgan fingerprint density at radius 2 is 1.86 bits per heavy atom. The molecule has 1 heterocycles. The maximum Gasteiger partial charge on any atom is 0.288 e. The molecule has 7 heteroatoms. The van der Waals surface area contributed by atoms with Crippen molar-refractivity contribution in [2.75, 3.05) is 0 Å². The Hall–Kier alpha value is -1.82. The summed E-state index contributed by atoms with van der Waals surface area (Å²) < 4.78 is 0. The van der Waals surface area contributed by atoms with E-state index in [4.69, 9.17) is 23.2 Å². The lowest BCUT2D eigenvalue weighted by molar-refractivity contribution is -0.384. The van der Waals surface area contributed by atoms with Gasteiger partial charge in [-0.1, -0.05) is 47.1 Å². The molecule has 22 heavy (non-hydrogen) atoms. The van der Waals surface area contributed by atoms with Gasteiger partial charge in [0, 0.05) is 27.1 Å². The third-order valence-electron chi connectivity index (χ3n) is 3.12. The molecule has 0 aliphatic carbocycles. The predicted molar refractivity (Wildman–Crippen MR) is 87.7 cm³/mol. The highest BCUT2D eigenvalue weighted by Gasteiger charge is 2.26.